The fourth-order valence-electron chi connectivity index (χ4n) is 1.74. The molecule has 100 valence electrons. The molecule has 1 heterocycles. The molecule has 2 rings (SSSR count). The highest BCUT2D eigenvalue weighted by molar-refractivity contribution is 5.30. The Balaban J connectivity index is 1.99. The van der Waals surface area contributed by atoms with E-state index < -0.39 is 0 Å². The van der Waals surface area contributed by atoms with Gasteiger partial charge in [0.15, 0.2) is 0 Å². The van der Waals surface area contributed by atoms with E-state index in [9.17, 15) is 0 Å². The fraction of sp³-hybridized carbons (Fsp3) is 0.312. The van der Waals surface area contributed by atoms with E-state index in [4.69, 9.17) is 4.74 Å². The van der Waals surface area contributed by atoms with Crippen LogP contribution in [0.4, 0.5) is 0 Å². The van der Waals surface area contributed by atoms with Crippen LogP contribution in [0.15, 0.2) is 48.8 Å². The number of aromatic nitrogens is 1. The van der Waals surface area contributed by atoms with Gasteiger partial charge in [0, 0.05) is 30.5 Å². The van der Waals surface area contributed by atoms with Crippen molar-refractivity contribution in [3.05, 3.63) is 59.9 Å². The standard InChI is InChI=1S/C16H20N2O/c1-13(2)18-11-15-10-17-9-8-16(15)19-12-14-6-4-3-5-7-14/h3-10,13,18H,11-12H2,1-2H3. The summed E-state index contributed by atoms with van der Waals surface area (Å²) in [6.45, 7) is 5.61. The van der Waals surface area contributed by atoms with Crippen molar-refractivity contribution < 1.29 is 4.74 Å². The molecule has 0 aliphatic carbocycles. The van der Waals surface area contributed by atoms with Crippen molar-refractivity contribution in [2.45, 2.75) is 33.0 Å². The van der Waals surface area contributed by atoms with Crippen LogP contribution in [0, 0.1) is 0 Å². The average Bonchev–Trinajstić information content (AvgIpc) is 2.45. The van der Waals surface area contributed by atoms with Crippen LogP contribution in [0.1, 0.15) is 25.0 Å². The van der Waals surface area contributed by atoms with Crippen LogP contribution in [0.3, 0.4) is 0 Å². The van der Waals surface area contributed by atoms with E-state index in [1.54, 1.807) is 6.20 Å². The van der Waals surface area contributed by atoms with Gasteiger partial charge in [0.2, 0.25) is 0 Å². The van der Waals surface area contributed by atoms with Gasteiger partial charge in [-0.3, -0.25) is 4.98 Å². The zero-order valence-electron chi connectivity index (χ0n) is 11.5. The Morgan fingerprint density at radius 1 is 1.16 bits per heavy atom. The van der Waals surface area contributed by atoms with E-state index in [1.807, 2.05) is 30.5 Å². The van der Waals surface area contributed by atoms with Crippen LogP contribution in [0.25, 0.3) is 0 Å². The molecule has 1 aromatic carbocycles. The van der Waals surface area contributed by atoms with Crippen LogP contribution in [-0.4, -0.2) is 11.0 Å². The van der Waals surface area contributed by atoms with Crippen molar-refractivity contribution in [1.29, 1.82) is 0 Å². The lowest BCUT2D eigenvalue weighted by Gasteiger charge is -2.13. The molecule has 2 aromatic rings. The molecule has 0 aliphatic rings. The van der Waals surface area contributed by atoms with Crippen molar-refractivity contribution in [2.24, 2.45) is 0 Å². The number of hydrogen-bond acceptors (Lipinski definition) is 3. The molecule has 1 aromatic heterocycles. The molecule has 0 amide bonds. The predicted octanol–water partition coefficient (Wildman–Crippen LogP) is 3.16. The number of nitrogens with one attached hydrogen (secondary N) is 1. The Kier molecular flexibility index (Phi) is 4.93. The molecule has 0 fully saturated rings. The summed E-state index contributed by atoms with van der Waals surface area (Å²) < 4.78 is 5.88. The predicted molar refractivity (Wildman–Crippen MR) is 77.0 cm³/mol. The molecule has 3 heteroatoms. The van der Waals surface area contributed by atoms with Gasteiger partial charge in [-0.1, -0.05) is 44.2 Å². The summed E-state index contributed by atoms with van der Waals surface area (Å²) in [6, 6.07) is 12.5. The molecular weight excluding hydrogens is 236 g/mol. The summed E-state index contributed by atoms with van der Waals surface area (Å²) in [7, 11) is 0. The van der Waals surface area contributed by atoms with E-state index in [2.05, 4.69) is 36.3 Å². The van der Waals surface area contributed by atoms with Gasteiger partial charge in [0.05, 0.1) is 0 Å². The molecule has 0 spiro atoms. The maximum atomic E-state index is 5.88. The molecule has 3 nitrogen and oxygen atoms in total. The summed E-state index contributed by atoms with van der Waals surface area (Å²) in [6.07, 6.45) is 3.62. The number of hydrogen-bond donors (Lipinski definition) is 1. The molecular formula is C16H20N2O. The van der Waals surface area contributed by atoms with Crippen molar-refractivity contribution in [3.63, 3.8) is 0 Å². The Morgan fingerprint density at radius 2 is 1.95 bits per heavy atom. The first-order chi connectivity index (χ1) is 9.25. The van der Waals surface area contributed by atoms with Crippen molar-refractivity contribution in [1.82, 2.24) is 10.3 Å². The highest BCUT2D eigenvalue weighted by Gasteiger charge is 2.04. The second-order valence-corrected chi connectivity index (χ2v) is 4.79. The van der Waals surface area contributed by atoms with Gasteiger partial charge >= 0.3 is 0 Å². The third kappa shape index (κ3) is 4.38. The highest BCUT2D eigenvalue weighted by atomic mass is 16.5. The summed E-state index contributed by atoms with van der Waals surface area (Å²) in [5.41, 5.74) is 2.26. The molecule has 1 N–H and O–H groups in total. The van der Waals surface area contributed by atoms with Gasteiger partial charge in [-0.25, -0.2) is 0 Å². The highest BCUT2D eigenvalue weighted by Crippen LogP contribution is 2.18. The Hall–Kier alpha value is -1.87. The summed E-state index contributed by atoms with van der Waals surface area (Å²) in [5, 5.41) is 3.38. The smallest absolute Gasteiger partial charge is 0.127 e. The topological polar surface area (TPSA) is 34.2 Å². The Morgan fingerprint density at radius 3 is 2.68 bits per heavy atom. The van der Waals surface area contributed by atoms with Gasteiger partial charge in [-0.2, -0.15) is 0 Å². The molecule has 0 atom stereocenters. The number of rotatable bonds is 6. The molecule has 0 saturated heterocycles. The Bertz CT molecular complexity index is 497. The van der Waals surface area contributed by atoms with Crippen LogP contribution in [0.5, 0.6) is 5.75 Å². The first-order valence-corrected chi connectivity index (χ1v) is 6.58. The lowest BCUT2D eigenvalue weighted by molar-refractivity contribution is 0.301. The lowest BCUT2D eigenvalue weighted by Crippen LogP contribution is -2.22. The summed E-state index contributed by atoms with van der Waals surface area (Å²) >= 11 is 0. The lowest BCUT2D eigenvalue weighted by atomic mass is 10.2. The van der Waals surface area contributed by atoms with E-state index in [-0.39, 0.29) is 0 Å². The van der Waals surface area contributed by atoms with Crippen LogP contribution < -0.4 is 10.1 Å². The minimum absolute atomic E-state index is 0.446. The van der Waals surface area contributed by atoms with Crippen molar-refractivity contribution in [2.75, 3.05) is 0 Å². The normalized spacial score (nSPS) is 10.7. The number of nitrogens with zero attached hydrogens (tertiary/aromatic N) is 1. The molecule has 0 radical (unpaired) electrons. The third-order valence-electron chi connectivity index (χ3n) is 2.80. The van der Waals surface area contributed by atoms with Gasteiger partial charge in [-0.15, -0.1) is 0 Å². The Labute approximate surface area is 114 Å². The number of ether oxygens (including phenoxy) is 1. The minimum Gasteiger partial charge on any atom is -0.488 e. The van der Waals surface area contributed by atoms with Crippen LogP contribution in [0.2, 0.25) is 0 Å². The second-order valence-electron chi connectivity index (χ2n) is 4.79. The molecule has 0 aliphatic heterocycles. The summed E-state index contributed by atoms with van der Waals surface area (Å²) in [4.78, 5) is 4.16. The van der Waals surface area contributed by atoms with Crippen LogP contribution in [-0.2, 0) is 13.2 Å². The maximum absolute atomic E-state index is 5.88. The van der Waals surface area contributed by atoms with E-state index >= 15 is 0 Å². The van der Waals surface area contributed by atoms with Gasteiger partial charge in [0.25, 0.3) is 0 Å². The number of pyridine rings is 1. The third-order valence-corrected chi connectivity index (χ3v) is 2.80. The van der Waals surface area contributed by atoms with Crippen LogP contribution >= 0.6 is 0 Å². The molecule has 19 heavy (non-hydrogen) atoms. The maximum Gasteiger partial charge on any atom is 0.127 e. The van der Waals surface area contributed by atoms with E-state index in [0.29, 0.717) is 12.6 Å². The molecule has 0 saturated carbocycles. The van der Waals surface area contributed by atoms with Gasteiger partial charge < -0.3 is 10.1 Å². The monoisotopic (exact) mass is 256 g/mol. The average molecular weight is 256 g/mol. The molecule has 0 unspecified atom stereocenters. The zero-order chi connectivity index (χ0) is 13.5. The minimum atomic E-state index is 0.446. The zero-order valence-corrected chi connectivity index (χ0v) is 11.5. The largest absolute Gasteiger partial charge is 0.488 e. The van der Waals surface area contributed by atoms with Crippen molar-refractivity contribution in [3.8, 4) is 5.75 Å². The number of benzene rings is 1. The van der Waals surface area contributed by atoms with E-state index in [0.717, 1.165) is 17.9 Å². The SMILES string of the molecule is CC(C)NCc1cnccc1OCc1ccccc1. The quantitative estimate of drug-likeness (QED) is 0.862. The van der Waals surface area contributed by atoms with Crippen molar-refractivity contribution >= 4 is 0 Å². The summed E-state index contributed by atoms with van der Waals surface area (Å²) in [5.74, 6) is 0.895. The second kappa shape index (κ2) is 6.90. The molecule has 0 bridgehead atoms. The first-order valence-electron chi connectivity index (χ1n) is 6.58. The van der Waals surface area contributed by atoms with E-state index in [1.165, 1.54) is 5.56 Å². The fourth-order valence-corrected chi connectivity index (χ4v) is 1.74. The van der Waals surface area contributed by atoms with Gasteiger partial charge in [0.1, 0.15) is 12.4 Å². The van der Waals surface area contributed by atoms with Gasteiger partial charge in [-0.05, 0) is 11.6 Å². The first kappa shape index (κ1) is 13.6.